The largest absolute Gasteiger partial charge is 0.364 e. The smallest absolute Gasteiger partial charge is 0.275 e. The van der Waals surface area contributed by atoms with Crippen LogP contribution in [-0.2, 0) is 13.1 Å². The number of carbonyl (C=O) groups excluding carboxylic acids is 2. The van der Waals surface area contributed by atoms with Crippen LogP contribution in [0.15, 0.2) is 16.9 Å². The fourth-order valence-electron chi connectivity index (χ4n) is 1.87. The third-order valence-corrected chi connectivity index (χ3v) is 3.46. The van der Waals surface area contributed by atoms with Crippen LogP contribution in [0.4, 0.5) is 5.69 Å². The first kappa shape index (κ1) is 15.2. The third kappa shape index (κ3) is 2.97. The van der Waals surface area contributed by atoms with E-state index in [1.165, 1.54) is 4.68 Å². The van der Waals surface area contributed by atoms with E-state index < -0.39 is 5.91 Å². The van der Waals surface area contributed by atoms with Crippen LogP contribution in [0, 0.1) is 0 Å². The molecule has 2 heterocycles. The summed E-state index contributed by atoms with van der Waals surface area (Å²) in [4.78, 5) is 23.7. The molecule has 0 aliphatic heterocycles. The summed E-state index contributed by atoms with van der Waals surface area (Å²) < 4.78 is 3.65. The van der Waals surface area contributed by atoms with E-state index >= 15 is 0 Å². The summed E-state index contributed by atoms with van der Waals surface area (Å²) in [5.41, 5.74) is 5.96. The quantitative estimate of drug-likeness (QED) is 0.841. The van der Waals surface area contributed by atoms with Crippen LogP contribution in [0.1, 0.15) is 34.8 Å². The summed E-state index contributed by atoms with van der Waals surface area (Å²) in [5, 5.41) is 10.7. The van der Waals surface area contributed by atoms with E-state index in [0.717, 1.165) is 0 Å². The minimum Gasteiger partial charge on any atom is -0.364 e. The molecule has 0 aromatic carbocycles. The topological polar surface area (TPSA) is 108 Å². The van der Waals surface area contributed by atoms with Gasteiger partial charge in [-0.3, -0.25) is 19.0 Å². The summed E-state index contributed by atoms with van der Waals surface area (Å²) in [6, 6.07) is 0. The van der Waals surface area contributed by atoms with Crippen LogP contribution in [0.2, 0.25) is 0 Å². The zero-order valence-corrected chi connectivity index (χ0v) is 13.2. The van der Waals surface area contributed by atoms with Gasteiger partial charge in [-0.2, -0.15) is 10.2 Å². The van der Waals surface area contributed by atoms with Gasteiger partial charge < -0.3 is 11.1 Å². The average Bonchev–Trinajstić information content (AvgIpc) is 3.01. The van der Waals surface area contributed by atoms with Gasteiger partial charge in [0.2, 0.25) is 0 Å². The van der Waals surface area contributed by atoms with Gasteiger partial charge in [-0.05, 0) is 29.8 Å². The molecule has 0 aliphatic carbocycles. The molecule has 8 nitrogen and oxygen atoms in total. The predicted molar refractivity (Wildman–Crippen MR) is 80.0 cm³/mol. The van der Waals surface area contributed by atoms with Crippen molar-refractivity contribution in [2.45, 2.75) is 26.9 Å². The third-order valence-electron chi connectivity index (χ3n) is 2.88. The van der Waals surface area contributed by atoms with E-state index in [2.05, 4.69) is 31.4 Å². The second-order valence-electron chi connectivity index (χ2n) is 4.22. The number of rotatable bonds is 5. The Morgan fingerprint density at radius 3 is 2.67 bits per heavy atom. The summed E-state index contributed by atoms with van der Waals surface area (Å²) in [6.45, 7) is 4.85. The minimum absolute atomic E-state index is 0.0314. The summed E-state index contributed by atoms with van der Waals surface area (Å²) in [5.74, 6) is -1.08. The number of amides is 2. The molecule has 2 amide bonds. The monoisotopic (exact) mass is 354 g/mol. The van der Waals surface area contributed by atoms with Crippen molar-refractivity contribution in [2.75, 3.05) is 5.32 Å². The Bertz CT molecular complexity index is 690. The summed E-state index contributed by atoms with van der Waals surface area (Å²) >= 11 is 3.28. The molecule has 2 rings (SSSR count). The Kier molecular flexibility index (Phi) is 4.41. The van der Waals surface area contributed by atoms with Gasteiger partial charge in [-0.25, -0.2) is 0 Å². The van der Waals surface area contributed by atoms with Crippen molar-refractivity contribution < 1.29 is 9.59 Å². The molecule has 0 radical (unpaired) electrons. The lowest BCUT2D eigenvalue weighted by molar-refractivity contribution is 0.0995. The highest BCUT2D eigenvalue weighted by atomic mass is 79.9. The number of primary amides is 1. The molecule has 9 heteroatoms. The number of aryl methyl sites for hydroxylation is 2. The Balaban J connectivity index is 2.33. The van der Waals surface area contributed by atoms with Gasteiger partial charge in [-0.1, -0.05) is 0 Å². The van der Waals surface area contributed by atoms with Gasteiger partial charge in [-0.15, -0.1) is 0 Å². The average molecular weight is 355 g/mol. The van der Waals surface area contributed by atoms with Crippen LogP contribution in [0.25, 0.3) is 0 Å². The molecule has 21 heavy (non-hydrogen) atoms. The molecule has 0 saturated carbocycles. The van der Waals surface area contributed by atoms with Gasteiger partial charge in [0.15, 0.2) is 5.69 Å². The zero-order valence-electron chi connectivity index (χ0n) is 11.6. The SMILES string of the molecule is CCn1cc(NC(=O)c2c(Br)cnn2CC)c(C(N)=O)n1. The summed E-state index contributed by atoms with van der Waals surface area (Å²) in [7, 11) is 0. The van der Waals surface area contributed by atoms with E-state index in [4.69, 9.17) is 5.73 Å². The fourth-order valence-corrected chi connectivity index (χ4v) is 2.34. The fraction of sp³-hybridized carbons (Fsp3) is 0.333. The maximum absolute atomic E-state index is 12.4. The van der Waals surface area contributed by atoms with Gasteiger partial charge >= 0.3 is 0 Å². The van der Waals surface area contributed by atoms with Gasteiger partial charge in [0.1, 0.15) is 5.69 Å². The highest BCUT2D eigenvalue weighted by molar-refractivity contribution is 9.10. The maximum atomic E-state index is 12.4. The molecular weight excluding hydrogens is 340 g/mol. The van der Waals surface area contributed by atoms with Crippen molar-refractivity contribution in [1.29, 1.82) is 0 Å². The molecule has 0 saturated heterocycles. The molecule has 2 aromatic heterocycles. The van der Waals surface area contributed by atoms with E-state index in [9.17, 15) is 9.59 Å². The first-order valence-electron chi connectivity index (χ1n) is 6.37. The van der Waals surface area contributed by atoms with Crippen molar-refractivity contribution in [3.8, 4) is 0 Å². The highest BCUT2D eigenvalue weighted by Gasteiger charge is 2.21. The first-order chi connectivity index (χ1) is 9.97. The second kappa shape index (κ2) is 6.08. The molecule has 0 unspecified atom stereocenters. The van der Waals surface area contributed by atoms with E-state index in [1.807, 2.05) is 13.8 Å². The number of halogens is 1. The lowest BCUT2D eigenvalue weighted by Gasteiger charge is -2.06. The van der Waals surface area contributed by atoms with Crippen molar-refractivity contribution in [3.63, 3.8) is 0 Å². The van der Waals surface area contributed by atoms with Crippen LogP contribution in [-0.4, -0.2) is 31.4 Å². The van der Waals surface area contributed by atoms with Crippen LogP contribution < -0.4 is 11.1 Å². The lowest BCUT2D eigenvalue weighted by Crippen LogP contribution is -2.20. The molecule has 112 valence electrons. The summed E-state index contributed by atoms with van der Waals surface area (Å²) in [6.07, 6.45) is 3.11. The normalized spacial score (nSPS) is 10.6. The number of aromatic nitrogens is 4. The number of carbonyl (C=O) groups is 2. The standard InChI is InChI=1S/C12H15BrN6O2/c1-3-18-6-8(9(17-18)11(14)20)16-12(21)10-7(13)5-15-19(10)4-2/h5-6H,3-4H2,1-2H3,(H2,14,20)(H,16,21). The zero-order chi connectivity index (χ0) is 15.6. The second-order valence-corrected chi connectivity index (χ2v) is 5.08. The molecule has 2 aromatic rings. The number of hydrogen-bond acceptors (Lipinski definition) is 4. The molecule has 0 aliphatic rings. The first-order valence-corrected chi connectivity index (χ1v) is 7.17. The van der Waals surface area contributed by atoms with Crippen LogP contribution in [0.5, 0.6) is 0 Å². The van der Waals surface area contributed by atoms with Crippen molar-refractivity contribution in [1.82, 2.24) is 19.6 Å². The molecule has 0 atom stereocenters. The maximum Gasteiger partial charge on any atom is 0.275 e. The number of anilines is 1. The number of hydrogen-bond donors (Lipinski definition) is 2. The van der Waals surface area contributed by atoms with E-state index in [0.29, 0.717) is 23.3 Å². The van der Waals surface area contributed by atoms with Crippen LogP contribution in [0.3, 0.4) is 0 Å². The van der Waals surface area contributed by atoms with E-state index in [-0.39, 0.29) is 17.3 Å². The number of nitrogens with zero attached hydrogens (tertiary/aromatic N) is 4. The molecular formula is C12H15BrN6O2. The molecule has 3 N–H and O–H groups in total. The molecule has 0 bridgehead atoms. The lowest BCUT2D eigenvalue weighted by atomic mass is 10.3. The minimum atomic E-state index is -0.694. The van der Waals surface area contributed by atoms with Gasteiger partial charge in [0, 0.05) is 19.3 Å². The number of nitrogens with one attached hydrogen (secondary N) is 1. The van der Waals surface area contributed by atoms with Gasteiger partial charge in [0.05, 0.1) is 16.4 Å². The van der Waals surface area contributed by atoms with Crippen molar-refractivity contribution >= 4 is 33.4 Å². The highest BCUT2D eigenvalue weighted by Crippen LogP contribution is 2.19. The Labute approximate surface area is 129 Å². The van der Waals surface area contributed by atoms with Crippen LogP contribution >= 0.6 is 15.9 Å². The van der Waals surface area contributed by atoms with Gasteiger partial charge in [0.25, 0.3) is 11.8 Å². The molecule has 0 fully saturated rings. The number of nitrogens with two attached hydrogens (primary N) is 1. The van der Waals surface area contributed by atoms with Crippen molar-refractivity contribution in [2.24, 2.45) is 5.73 Å². The Hall–Kier alpha value is -2.16. The van der Waals surface area contributed by atoms with Crippen molar-refractivity contribution in [3.05, 3.63) is 28.3 Å². The Morgan fingerprint density at radius 1 is 1.38 bits per heavy atom. The molecule has 0 spiro atoms. The Morgan fingerprint density at radius 2 is 2.10 bits per heavy atom. The van der Waals surface area contributed by atoms with E-state index in [1.54, 1.807) is 17.1 Å². The predicted octanol–water partition coefficient (Wildman–Crippen LogP) is 1.23.